The van der Waals surface area contributed by atoms with Crippen molar-refractivity contribution < 1.29 is 17.9 Å². The number of anilines is 1. The second-order valence-electron chi connectivity index (χ2n) is 6.38. The van der Waals surface area contributed by atoms with Gasteiger partial charge in [0.15, 0.2) is 5.11 Å². The Balaban J connectivity index is 1.47. The largest absolute Gasteiger partial charge is 0.379 e. The molecule has 8 nitrogen and oxygen atoms in total. The lowest BCUT2D eigenvalue weighted by molar-refractivity contribution is 0.0389. The lowest BCUT2D eigenvalue weighted by Crippen LogP contribution is -2.42. The maximum Gasteiger partial charge on any atom is 0.243 e. The average molecular weight is 415 g/mol. The number of thiocarbonyl (C=S) groups is 1. The van der Waals surface area contributed by atoms with Crippen LogP contribution in [0.3, 0.4) is 0 Å². The van der Waals surface area contributed by atoms with Gasteiger partial charge in [0.2, 0.25) is 10.0 Å². The van der Waals surface area contributed by atoms with Crippen molar-refractivity contribution >= 4 is 33.0 Å². The molecule has 0 unspecified atom stereocenters. The summed E-state index contributed by atoms with van der Waals surface area (Å²) in [6.45, 7) is 6.75. The molecule has 1 aromatic rings. The summed E-state index contributed by atoms with van der Waals surface area (Å²) in [7, 11) is -3.47. The first-order valence-corrected chi connectivity index (χ1v) is 10.9. The van der Waals surface area contributed by atoms with Gasteiger partial charge in [0.05, 0.1) is 31.3 Å². The number of morpholine rings is 2. The summed E-state index contributed by atoms with van der Waals surface area (Å²) in [5.74, 6) is 0. The van der Waals surface area contributed by atoms with E-state index >= 15 is 0 Å². The number of hydrogen-bond acceptors (Lipinski definition) is 6. The van der Waals surface area contributed by atoms with Gasteiger partial charge in [-0.1, -0.05) is 0 Å². The quantitative estimate of drug-likeness (QED) is 0.645. The fourth-order valence-corrected chi connectivity index (χ4v) is 4.60. The summed E-state index contributed by atoms with van der Waals surface area (Å²) in [5, 5.41) is 6.78. The Morgan fingerprint density at radius 2 is 1.59 bits per heavy atom. The molecule has 3 rings (SSSR count). The van der Waals surface area contributed by atoms with Crippen LogP contribution in [-0.2, 0) is 19.5 Å². The lowest BCUT2D eigenvalue weighted by Gasteiger charge is -2.26. The van der Waals surface area contributed by atoms with E-state index in [1.54, 1.807) is 24.3 Å². The van der Waals surface area contributed by atoms with Crippen molar-refractivity contribution in [2.24, 2.45) is 0 Å². The highest BCUT2D eigenvalue weighted by atomic mass is 32.2. The average Bonchev–Trinajstić information content (AvgIpc) is 2.70. The van der Waals surface area contributed by atoms with Crippen LogP contribution < -0.4 is 10.6 Å². The Kier molecular flexibility index (Phi) is 7.39. The van der Waals surface area contributed by atoms with Crippen molar-refractivity contribution in [3.05, 3.63) is 24.3 Å². The van der Waals surface area contributed by atoms with E-state index in [4.69, 9.17) is 21.7 Å². The van der Waals surface area contributed by atoms with Crippen molar-refractivity contribution in [2.45, 2.75) is 4.90 Å². The van der Waals surface area contributed by atoms with Gasteiger partial charge in [0, 0.05) is 45.0 Å². The zero-order chi connectivity index (χ0) is 19.1. The standard InChI is InChI=1S/C17H26N4O4S2/c22-27(23,21-9-13-25-14-10-21)16-3-1-15(2-4-16)19-17(26)18-5-6-20-7-11-24-12-8-20/h1-4H,5-14H2,(H2,18,19,26). The number of ether oxygens (including phenoxy) is 2. The molecule has 2 aliphatic rings. The summed E-state index contributed by atoms with van der Waals surface area (Å²) >= 11 is 5.31. The normalized spacial score (nSPS) is 19.6. The Hall–Kier alpha value is -1.30. The summed E-state index contributed by atoms with van der Waals surface area (Å²) in [6.07, 6.45) is 0. The van der Waals surface area contributed by atoms with Crippen LogP contribution in [0.1, 0.15) is 0 Å². The third kappa shape index (κ3) is 5.84. The van der Waals surface area contributed by atoms with Crippen LogP contribution in [-0.4, -0.2) is 88.4 Å². The predicted octanol–water partition coefficient (Wildman–Crippen LogP) is 0.326. The molecule has 0 radical (unpaired) electrons. The fourth-order valence-electron chi connectivity index (χ4n) is 2.97. The second-order valence-corrected chi connectivity index (χ2v) is 8.72. The van der Waals surface area contributed by atoms with Gasteiger partial charge in [-0.2, -0.15) is 4.31 Å². The minimum atomic E-state index is -3.47. The molecule has 10 heteroatoms. The number of sulfonamides is 1. The Morgan fingerprint density at radius 3 is 2.22 bits per heavy atom. The third-order valence-corrected chi connectivity index (χ3v) is 6.70. The zero-order valence-corrected chi connectivity index (χ0v) is 16.9. The molecule has 2 fully saturated rings. The van der Waals surface area contributed by atoms with E-state index in [0.717, 1.165) is 45.1 Å². The highest BCUT2D eigenvalue weighted by molar-refractivity contribution is 7.89. The first-order chi connectivity index (χ1) is 13.1. The molecule has 0 aliphatic carbocycles. The molecule has 150 valence electrons. The molecule has 27 heavy (non-hydrogen) atoms. The van der Waals surface area contributed by atoms with Crippen LogP contribution in [0.25, 0.3) is 0 Å². The van der Waals surface area contributed by atoms with Crippen molar-refractivity contribution in [3.8, 4) is 0 Å². The predicted molar refractivity (Wildman–Crippen MR) is 108 cm³/mol. The van der Waals surface area contributed by atoms with Crippen LogP contribution >= 0.6 is 12.2 Å². The second kappa shape index (κ2) is 9.76. The summed E-state index contributed by atoms with van der Waals surface area (Å²) < 4.78 is 37.2. The van der Waals surface area contributed by atoms with E-state index in [1.165, 1.54) is 4.31 Å². The topological polar surface area (TPSA) is 83.1 Å². The van der Waals surface area contributed by atoms with E-state index < -0.39 is 10.0 Å². The van der Waals surface area contributed by atoms with Gasteiger partial charge in [-0.25, -0.2) is 8.42 Å². The Morgan fingerprint density at radius 1 is 1.00 bits per heavy atom. The van der Waals surface area contributed by atoms with E-state index in [0.29, 0.717) is 31.4 Å². The first-order valence-electron chi connectivity index (χ1n) is 9.08. The molecular formula is C17H26N4O4S2. The fraction of sp³-hybridized carbons (Fsp3) is 0.588. The molecule has 1 aromatic carbocycles. The van der Waals surface area contributed by atoms with Gasteiger partial charge in [-0.05, 0) is 36.5 Å². The summed E-state index contributed by atoms with van der Waals surface area (Å²) in [6, 6.07) is 6.65. The minimum Gasteiger partial charge on any atom is -0.379 e. The highest BCUT2D eigenvalue weighted by Gasteiger charge is 2.26. The van der Waals surface area contributed by atoms with Crippen molar-refractivity contribution in [1.29, 1.82) is 0 Å². The van der Waals surface area contributed by atoms with E-state index in [1.807, 2.05) is 0 Å². The van der Waals surface area contributed by atoms with Gasteiger partial charge >= 0.3 is 0 Å². The maximum atomic E-state index is 12.6. The summed E-state index contributed by atoms with van der Waals surface area (Å²) in [5.41, 5.74) is 0.750. The van der Waals surface area contributed by atoms with E-state index in [-0.39, 0.29) is 4.90 Å². The van der Waals surface area contributed by atoms with Crippen molar-refractivity contribution in [2.75, 3.05) is 71.0 Å². The highest BCUT2D eigenvalue weighted by Crippen LogP contribution is 2.19. The molecule has 2 aliphatic heterocycles. The van der Waals surface area contributed by atoms with Gasteiger partial charge in [-0.3, -0.25) is 4.90 Å². The Bertz CT molecular complexity index is 715. The van der Waals surface area contributed by atoms with Gasteiger partial charge in [0.1, 0.15) is 0 Å². The van der Waals surface area contributed by atoms with Gasteiger partial charge in [0.25, 0.3) is 0 Å². The molecule has 0 atom stereocenters. The minimum absolute atomic E-state index is 0.279. The van der Waals surface area contributed by atoms with Crippen LogP contribution in [0.2, 0.25) is 0 Å². The Labute approximate surface area is 165 Å². The van der Waals surface area contributed by atoms with Crippen LogP contribution in [0.5, 0.6) is 0 Å². The first kappa shape index (κ1) is 20.4. The van der Waals surface area contributed by atoms with Crippen LogP contribution in [0.15, 0.2) is 29.2 Å². The molecule has 0 saturated carbocycles. The number of rotatable bonds is 6. The molecule has 0 spiro atoms. The molecule has 0 aromatic heterocycles. The molecule has 2 N–H and O–H groups in total. The molecular weight excluding hydrogens is 388 g/mol. The lowest BCUT2D eigenvalue weighted by atomic mass is 10.3. The molecule has 2 saturated heterocycles. The van der Waals surface area contributed by atoms with E-state index in [9.17, 15) is 8.42 Å². The molecule has 0 bridgehead atoms. The zero-order valence-electron chi connectivity index (χ0n) is 15.2. The van der Waals surface area contributed by atoms with Gasteiger partial charge in [-0.15, -0.1) is 0 Å². The SMILES string of the molecule is O=S(=O)(c1ccc(NC(=S)NCCN2CCOCC2)cc1)N1CCOCC1. The maximum absolute atomic E-state index is 12.6. The van der Waals surface area contributed by atoms with E-state index in [2.05, 4.69) is 15.5 Å². The molecule has 2 heterocycles. The van der Waals surface area contributed by atoms with Crippen LogP contribution in [0, 0.1) is 0 Å². The smallest absolute Gasteiger partial charge is 0.243 e. The number of nitrogens with zero attached hydrogens (tertiary/aromatic N) is 2. The number of hydrogen-bond donors (Lipinski definition) is 2. The van der Waals surface area contributed by atoms with Crippen molar-refractivity contribution in [1.82, 2.24) is 14.5 Å². The number of nitrogens with one attached hydrogen (secondary N) is 2. The molecule has 0 amide bonds. The monoisotopic (exact) mass is 414 g/mol. The third-order valence-electron chi connectivity index (χ3n) is 4.54. The summed E-state index contributed by atoms with van der Waals surface area (Å²) in [4.78, 5) is 2.60. The van der Waals surface area contributed by atoms with Crippen molar-refractivity contribution in [3.63, 3.8) is 0 Å². The van der Waals surface area contributed by atoms with Gasteiger partial charge < -0.3 is 20.1 Å². The number of benzene rings is 1. The van der Waals surface area contributed by atoms with Crippen LogP contribution in [0.4, 0.5) is 5.69 Å².